The van der Waals surface area contributed by atoms with E-state index in [1.165, 1.54) is 30.8 Å². The SMILES string of the molecule is CN(c1nccs1)S(=O)(=O)c1cnc(-c2ccccc2)nc1. The Labute approximate surface area is 132 Å². The topological polar surface area (TPSA) is 76.1 Å². The van der Waals surface area contributed by atoms with Crippen LogP contribution in [0.2, 0.25) is 0 Å². The summed E-state index contributed by atoms with van der Waals surface area (Å²) in [5, 5.41) is 2.11. The van der Waals surface area contributed by atoms with Gasteiger partial charge in [-0.15, -0.1) is 11.3 Å². The Morgan fingerprint density at radius 3 is 2.32 bits per heavy atom. The van der Waals surface area contributed by atoms with Crippen LogP contribution in [-0.2, 0) is 10.0 Å². The van der Waals surface area contributed by atoms with Gasteiger partial charge in [0, 0.05) is 24.2 Å². The van der Waals surface area contributed by atoms with Crippen LogP contribution in [0.5, 0.6) is 0 Å². The van der Waals surface area contributed by atoms with Crippen molar-refractivity contribution in [3.05, 3.63) is 54.3 Å². The van der Waals surface area contributed by atoms with Crippen molar-refractivity contribution < 1.29 is 8.42 Å². The predicted molar refractivity (Wildman–Crippen MR) is 85.2 cm³/mol. The van der Waals surface area contributed by atoms with Gasteiger partial charge >= 0.3 is 0 Å². The monoisotopic (exact) mass is 332 g/mol. The fourth-order valence-electron chi connectivity index (χ4n) is 1.82. The summed E-state index contributed by atoms with van der Waals surface area (Å²) in [6.07, 6.45) is 4.19. The molecule has 0 radical (unpaired) electrons. The summed E-state index contributed by atoms with van der Waals surface area (Å²) in [5.41, 5.74) is 0.833. The summed E-state index contributed by atoms with van der Waals surface area (Å²) >= 11 is 1.25. The Bertz CT molecular complexity index is 848. The molecule has 0 bridgehead atoms. The number of nitrogens with zero attached hydrogens (tertiary/aromatic N) is 4. The van der Waals surface area contributed by atoms with Gasteiger partial charge in [0.25, 0.3) is 10.0 Å². The average Bonchev–Trinajstić information content (AvgIpc) is 3.09. The summed E-state index contributed by atoms with van der Waals surface area (Å²) in [4.78, 5) is 12.3. The largest absolute Gasteiger partial charge is 0.268 e. The fourth-order valence-corrected chi connectivity index (χ4v) is 3.70. The minimum Gasteiger partial charge on any atom is -0.244 e. The first-order valence-electron chi connectivity index (χ1n) is 6.35. The lowest BCUT2D eigenvalue weighted by Crippen LogP contribution is -2.26. The van der Waals surface area contributed by atoms with Crippen LogP contribution in [0, 0.1) is 0 Å². The molecular weight excluding hydrogens is 320 g/mol. The molecule has 2 aromatic heterocycles. The van der Waals surface area contributed by atoms with E-state index in [9.17, 15) is 8.42 Å². The number of hydrogen-bond acceptors (Lipinski definition) is 6. The third-order valence-electron chi connectivity index (χ3n) is 3.01. The van der Waals surface area contributed by atoms with Crippen LogP contribution >= 0.6 is 11.3 Å². The number of anilines is 1. The van der Waals surface area contributed by atoms with Gasteiger partial charge in [-0.1, -0.05) is 30.3 Å². The van der Waals surface area contributed by atoms with Crippen molar-refractivity contribution in [1.82, 2.24) is 15.0 Å². The zero-order valence-corrected chi connectivity index (χ0v) is 13.3. The van der Waals surface area contributed by atoms with Crippen LogP contribution < -0.4 is 4.31 Å². The maximum absolute atomic E-state index is 12.5. The maximum Gasteiger partial charge on any atom is 0.268 e. The second-order valence-corrected chi connectivity index (χ2v) is 7.24. The Morgan fingerprint density at radius 1 is 1.05 bits per heavy atom. The highest BCUT2D eigenvalue weighted by atomic mass is 32.2. The fraction of sp³-hybridized carbons (Fsp3) is 0.0714. The van der Waals surface area contributed by atoms with Crippen LogP contribution in [0.25, 0.3) is 11.4 Å². The Balaban J connectivity index is 1.92. The molecule has 0 unspecified atom stereocenters. The van der Waals surface area contributed by atoms with E-state index in [-0.39, 0.29) is 4.90 Å². The second kappa shape index (κ2) is 5.82. The van der Waals surface area contributed by atoms with Gasteiger partial charge in [-0.2, -0.15) is 0 Å². The lowest BCUT2D eigenvalue weighted by molar-refractivity contribution is 0.593. The lowest BCUT2D eigenvalue weighted by atomic mass is 10.2. The average molecular weight is 332 g/mol. The van der Waals surface area contributed by atoms with E-state index >= 15 is 0 Å². The third kappa shape index (κ3) is 2.70. The van der Waals surface area contributed by atoms with Gasteiger partial charge in [0.05, 0.1) is 12.4 Å². The molecule has 0 spiro atoms. The molecule has 8 heteroatoms. The smallest absolute Gasteiger partial charge is 0.244 e. The van der Waals surface area contributed by atoms with Gasteiger partial charge < -0.3 is 0 Å². The number of rotatable bonds is 4. The molecular formula is C14H12N4O2S2. The first-order valence-corrected chi connectivity index (χ1v) is 8.67. The molecule has 1 aromatic carbocycles. The molecule has 0 saturated carbocycles. The van der Waals surface area contributed by atoms with E-state index in [1.807, 2.05) is 30.3 Å². The van der Waals surface area contributed by atoms with E-state index in [4.69, 9.17) is 0 Å². The van der Waals surface area contributed by atoms with Crippen molar-refractivity contribution in [3.63, 3.8) is 0 Å². The molecule has 0 fully saturated rings. The predicted octanol–water partition coefficient (Wildman–Crippen LogP) is 2.43. The van der Waals surface area contributed by atoms with Gasteiger partial charge in [-0.3, -0.25) is 0 Å². The van der Waals surface area contributed by atoms with Crippen molar-refractivity contribution in [1.29, 1.82) is 0 Å². The number of aromatic nitrogens is 3. The van der Waals surface area contributed by atoms with Crippen molar-refractivity contribution in [2.45, 2.75) is 4.90 Å². The third-order valence-corrected chi connectivity index (χ3v) is 5.67. The number of benzene rings is 1. The summed E-state index contributed by atoms with van der Waals surface area (Å²) in [6, 6.07) is 9.38. The molecule has 0 aliphatic rings. The molecule has 0 amide bonds. The molecule has 3 rings (SSSR count). The number of sulfonamides is 1. The molecule has 0 saturated heterocycles. The maximum atomic E-state index is 12.5. The van der Waals surface area contributed by atoms with E-state index in [0.717, 1.165) is 9.87 Å². The summed E-state index contributed by atoms with van der Waals surface area (Å²) in [5.74, 6) is 0.483. The van der Waals surface area contributed by atoms with Crippen molar-refractivity contribution in [2.75, 3.05) is 11.4 Å². The zero-order chi connectivity index (χ0) is 15.6. The van der Waals surface area contributed by atoms with Crippen molar-refractivity contribution in [3.8, 4) is 11.4 Å². The highest BCUT2D eigenvalue weighted by molar-refractivity contribution is 7.93. The number of thiazole rings is 1. The normalized spacial score (nSPS) is 11.3. The number of hydrogen-bond donors (Lipinski definition) is 0. The molecule has 0 aliphatic heterocycles. The molecule has 3 aromatic rings. The van der Waals surface area contributed by atoms with Crippen LogP contribution in [0.15, 0.2) is 59.2 Å². The Kier molecular flexibility index (Phi) is 3.86. The highest BCUT2D eigenvalue weighted by Crippen LogP contribution is 2.23. The first kappa shape index (κ1) is 14.6. The molecule has 112 valence electrons. The van der Waals surface area contributed by atoms with Crippen molar-refractivity contribution in [2.24, 2.45) is 0 Å². The van der Waals surface area contributed by atoms with Gasteiger partial charge in [-0.05, 0) is 0 Å². The summed E-state index contributed by atoms with van der Waals surface area (Å²) in [6.45, 7) is 0. The van der Waals surface area contributed by atoms with Gasteiger partial charge in [0.15, 0.2) is 11.0 Å². The van der Waals surface area contributed by atoms with E-state index < -0.39 is 10.0 Å². The van der Waals surface area contributed by atoms with Crippen LogP contribution in [0.1, 0.15) is 0 Å². The van der Waals surface area contributed by atoms with Gasteiger partial charge in [0.1, 0.15) is 4.90 Å². The van der Waals surface area contributed by atoms with Gasteiger partial charge in [0.2, 0.25) is 0 Å². The highest BCUT2D eigenvalue weighted by Gasteiger charge is 2.23. The molecule has 0 atom stereocenters. The molecule has 0 aliphatic carbocycles. The quantitative estimate of drug-likeness (QED) is 0.733. The summed E-state index contributed by atoms with van der Waals surface area (Å²) < 4.78 is 26.1. The summed E-state index contributed by atoms with van der Waals surface area (Å²) in [7, 11) is -2.25. The minimum atomic E-state index is -3.70. The van der Waals surface area contributed by atoms with E-state index in [1.54, 1.807) is 11.6 Å². The zero-order valence-electron chi connectivity index (χ0n) is 11.6. The van der Waals surface area contributed by atoms with Crippen LogP contribution in [0.4, 0.5) is 5.13 Å². The standard InChI is InChI=1S/C14H12N4O2S2/c1-18(14-15-7-8-21-14)22(19,20)12-9-16-13(17-10-12)11-5-3-2-4-6-11/h2-10H,1H3. The van der Waals surface area contributed by atoms with Crippen molar-refractivity contribution >= 4 is 26.5 Å². The van der Waals surface area contributed by atoms with Crippen LogP contribution in [-0.4, -0.2) is 30.4 Å². The Morgan fingerprint density at radius 2 is 1.73 bits per heavy atom. The van der Waals surface area contributed by atoms with Gasteiger partial charge in [-0.25, -0.2) is 27.7 Å². The van der Waals surface area contributed by atoms with E-state index in [2.05, 4.69) is 15.0 Å². The first-order chi connectivity index (χ1) is 10.6. The molecule has 6 nitrogen and oxygen atoms in total. The van der Waals surface area contributed by atoms with E-state index in [0.29, 0.717) is 11.0 Å². The Hall–Kier alpha value is -2.32. The lowest BCUT2D eigenvalue weighted by Gasteiger charge is -2.15. The minimum absolute atomic E-state index is 0.0323. The second-order valence-electron chi connectivity index (χ2n) is 4.40. The van der Waals surface area contributed by atoms with Crippen LogP contribution in [0.3, 0.4) is 0 Å². The molecule has 22 heavy (non-hydrogen) atoms. The molecule has 0 N–H and O–H groups in total. The molecule has 2 heterocycles.